The summed E-state index contributed by atoms with van der Waals surface area (Å²) in [5.41, 5.74) is 0. The first-order valence-corrected chi connectivity index (χ1v) is 11.1. The molecule has 0 spiro atoms. The Labute approximate surface area is 170 Å². The zero-order chi connectivity index (χ0) is 20.6. The summed E-state index contributed by atoms with van der Waals surface area (Å²) in [4.78, 5) is 15.4. The fourth-order valence-electron chi connectivity index (χ4n) is 3.53. The van der Waals surface area contributed by atoms with E-state index in [1.165, 1.54) is 4.31 Å². The molecule has 4 heterocycles. The number of nitrogens with zero attached hydrogens (tertiary/aromatic N) is 7. The van der Waals surface area contributed by atoms with E-state index in [-0.39, 0.29) is 5.03 Å². The van der Waals surface area contributed by atoms with Crippen LogP contribution in [0.3, 0.4) is 0 Å². The van der Waals surface area contributed by atoms with Gasteiger partial charge in [0.1, 0.15) is 23.3 Å². The predicted octanol–water partition coefficient (Wildman–Crippen LogP) is 1.61. The Bertz CT molecular complexity index is 1100. The van der Waals surface area contributed by atoms with Crippen molar-refractivity contribution in [2.24, 2.45) is 0 Å². The minimum atomic E-state index is -3.59. The second-order valence-corrected chi connectivity index (χ2v) is 8.91. The predicted molar refractivity (Wildman–Crippen MR) is 110 cm³/mol. The lowest BCUT2D eigenvalue weighted by atomic mass is 10.3. The van der Waals surface area contributed by atoms with Crippen molar-refractivity contribution in [1.29, 1.82) is 0 Å². The van der Waals surface area contributed by atoms with Crippen LogP contribution in [0.15, 0.2) is 41.8 Å². The van der Waals surface area contributed by atoms with Gasteiger partial charge in [-0.3, -0.25) is 0 Å². The van der Waals surface area contributed by atoms with Crippen molar-refractivity contribution in [2.45, 2.75) is 32.3 Å². The highest BCUT2D eigenvalue weighted by atomic mass is 32.2. The average Bonchev–Trinajstić information content (AvgIpc) is 3.37. The first-order valence-electron chi connectivity index (χ1n) is 9.66. The maximum Gasteiger partial charge on any atom is 0.262 e. The fraction of sp³-hybridized carbons (Fsp3) is 0.421. The molecule has 3 aromatic heterocycles. The van der Waals surface area contributed by atoms with Crippen molar-refractivity contribution < 1.29 is 8.42 Å². The van der Waals surface area contributed by atoms with Gasteiger partial charge < -0.3 is 14.0 Å². The van der Waals surface area contributed by atoms with Gasteiger partial charge in [-0.15, -0.1) is 0 Å². The van der Waals surface area contributed by atoms with Crippen molar-refractivity contribution in [3.8, 4) is 5.82 Å². The molecule has 0 amide bonds. The smallest absolute Gasteiger partial charge is 0.262 e. The molecule has 0 radical (unpaired) electrons. The van der Waals surface area contributed by atoms with E-state index in [4.69, 9.17) is 0 Å². The monoisotopic (exact) mass is 415 g/mol. The number of piperazine rings is 1. The van der Waals surface area contributed by atoms with Crippen LogP contribution in [-0.4, -0.2) is 63.0 Å². The molecular formula is C19H25N7O2S. The maximum atomic E-state index is 13.0. The van der Waals surface area contributed by atoms with Crippen molar-refractivity contribution >= 4 is 15.8 Å². The summed E-state index contributed by atoms with van der Waals surface area (Å²) in [6, 6.07) is 5.83. The first-order chi connectivity index (χ1) is 13.9. The van der Waals surface area contributed by atoms with Crippen LogP contribution in [0, 0.1) is 13.8 Å². The average molecular weight is 416 g/mol. The van der Waals surface area contributed by atoms with E-state index in [9.17, 15) is 8.42 Å². The van der Waals surface area contributed by atoms with Crippen molar-refractivity contribution in [1.82, 2.24) is 28.4 Å². The Morgan fingerprint density at radius 2 is 1.62 bits per heavy atom. The number of hydrogen-bond acceptors (Lipinski definition) is 6. The second kappa shape index (κ2) is 7.60. The normalized spacial score (nSPS) is 15.8. The molecule has 1 aliphatic rings. The topological polar surface area (TPSA) is 89.2 Å². The molecule has 4 rings (SSSR count). The van der Waals surface area contributed by atoms with E-state index in [0.717, 1.165) is 11.6 Å². The number of aryl methyl sites for hydroxylation is 3. The summed E-state index contributed by atoms with van der Waals surface area (Å²) in [5.74, 6) is 3.00. The van der Waals surface area contributed by atoms with Gasteiger partial charge in [0.2, 0.25) is 0 Å². The third-order valence-electron chi connectivity index (χ3n) is 5.14. The summed E-state index contributed by atoms with van der Waals surface area (Å²) < 4.78 is 31.2. The number of hydrogen-bond donors (Lipinski definition) is 0. The van der Waals surface area contributed by atoms with Crippen LogP contribution in [-0.2, 0) is 16.6 Å². The highest BCUT2D eigenvalue weighted by molar-refractivity contribution is 7.89. The Morgan fingerprint density at radius 3 is 2.24 bits per heavy atom. The largest absolute Gasteiger partial charge is 0.354 e. The molecule has 0 bridgehead atoms. The van der Waals surface area contributed by atoms with Crippen LogP contribution in [0.1, 0.15) is 18.6 Å². The Morgan fingerprint density at radius 1 is 0.966 bits per heavy atom. The Hall–Kier alpha value is -2.72. The van der Waals surface area contributed by atoms with E-state index in [2.05, 4.69) is 19.9 Å². The highest BCUT2D eigenvalue weighted by Gasteiger charge is 2.31. The van der Waals surface area contributed by atoms with Crippen LogP contribution >= 0.6 is 0 Å². The van der Waals surface area contributed by atoms with Crippen molar-refractivity contribution in [3.63, 3.8) is 0 Å². The molecule has 29 heavy (non-hydrogen) atoms. The quantitative estimate of drug-likeness (QED) is 0.629. The number of rotatable bonds is 5. The molecule has 9 nitrogen and oxygen atoms in total. The van der Waals surface area contributed by atoms with Gasteiger partial charge >= 0.3 is 0 Å². The van der Waals surface area contributed by atoms with Crippen LogP contribution in [0.2, 0.25) is 0 Å². The molecule has 0 aromatic carbocycles. The minimum absolute atomic E-state index is 0.123. The van der Waals surface area contributed by atoms with Gasteiger partial charge in [-0.1, -0.05) is 0 Å². The van der Waals surface area contributed by atoms with E-state index in [1.54, 1.807) is 6.20 Å². The lowest BCUT2D eigenvalue weighted by Crippen LogP contribution is -2.49. The van der Waals surface area contributed by atoms with E-state index in [1.807, 2.05) is 60.5 Å². The molecule has 154 valence electrons. The minimum Gasteiger partial charge on any atom is -0.354 e. The standard InChI is InChI=1S/C19H25N7O2S/c1-4-23-14-19(22-16(23)3)29(27,28)26-11-9-25(10-12-26)18-13-17(20-15(2)21-18)24-7-5-6-8-24/h5-8,13-14H,4,9-12H2,1-3H3. The molecule has 10 heteroatoms. The van der Waals surface area contributed by atoms with Gasteiger partial charge in [-0.2, -0.15) is 4.31 Å². The third kappa shape index (κ3) is 3.77. The van der Waals surface area contributed by atoms with Crippen molar-refractivity contribution in [2.75, 3.05) is 31.1 Å². The summed E-state index contributed by atoms with van der Waals surface area (Å²) in [7, 11) is -3.59. The molecule has 1 saturated heterocycles. The Balaban J connectivity index is 1.51. The van der Waals surface area contributed by atoms with Crippen LogP contribution in [0.25, 0.3) is 5.82 Å². The number of sulfonamides is 1. The van der Waals surface area contributed by atoms with Crippen LogP contribution < -0.4 is 4.90 Å². The molecule has 0 unspecified atom stereocenters. The molecule has 0 atom stereocenters. The SMILES string of the molecule is CCn1cc(S(=O)(=O)N2CCN(c3cc(-n4cccc4)nc(C)n3)CC2)nc1C. The van der Waals surface area contributed by atoms with Gasteiger partial charge in [-0.25, -0.2) is 23.4 Å². The van der Waals surface area contributed by atoms with Gasteiger partial charge in [0.15, 0.2) is 5.03 Å². The van der Waals surface area contributed by atoms with Crippen molar-refractivity contribution in [3.05, 3.63) is 48.4 Å². The molecule has 0 N–H and O–H groups in total. The molecule has 0 aliphatic carbocycles. The maximum absolute atomic E-state index is 13.0. The molecule has 1 fully saturated rings. The molecular weight excluding hydrogens is 390 g/mol. The van der Waals surface area contributed by atoms with Gasteiger partial charge in [0.25, 0.3) is 10.0 Å². The zero-order valence-electron chi connectivity index (χ0n) is 16.9. The summed E-state index contributed by atoms with van der Waals surface area (Å²) >= 11 is 0. The molecule has 1 aliphatic heterocycles. The highest BCUT2D eigenvalue weighted by Crippen LogP contribution is 2.21. The number of imidazole rings is 1. The van der Waals surface area contributed by atoms with Crippen LogP contribution in [0.4, 0.5) is 5.82 Å². The summed E-state index contributed by atoms with van der Waals surface area (Å²) in [6.07, 6.45) is 5.50. The lowest BCUT2D eigenvalue weighted by Gasteiger charge is -2.34. The number of anilines is 1. The Kier molecular flexibility index (Phi) is 5.13. The molecule has 3 aromatic rings. The van der Waals surface area contributed by atoms with Crippen LogP contribution in [0.5, 0.6) is 0 Å². The van der Waals surface area contributed by atoms with E-state index >= 15 is 0 Å². The lowest BCUT2D eigenvalue weighted by molar-refractivity contribution is 0.382. The summed E-state index contributed by atoms with van der Waals surface area (Å²) in [5, 5.41) is 0.123. The zero-order valence-corrected chi connectivity index (χ0v) is 17.7. The molecule has 0 saturated carbocycles. The first kappa shape index (κ1) is 19.6. The number of aromatic nitrogens is 5. The second-order valence-electron chi connectivity index (χ2n) is 7.03. The summed E-state index contributed by atoms with van der Waals surface area (Å²) in [6.45, 7) is 8.26. The van der Waals surface area contributed by atoms with E-state index < -0.39 is 10.0 Å². The van der Waals surface area contributed by atoms with Gasteiger partial charge in [-0.05, 0) is 32.9 Å². The van der Waals surface area contributed by atoms with E-state index in [0.29, 0.717) is 44.4 Å². The third-order valence-corrected chi connectivity index (χ3v) is 6.91. The van der Waals surface area contributed by atoms with Gasteiger partial charge in [0.05, 0.1) is 0 Å². The van der Waals surface area contributed by atoms with Gasteiger partial charge in [0, 0.05) is 57.4 Å². The fourth-order valence-corrected chi connectivity index (χ4v) is 4.95.